The molecule has 28 heavy (non-hydrogen) atoms. The molecule has 3 heterocycles. The first-order valence-electron chi connectivity index (χ1n) is 9.09. The van der Waals surface area contributed by atoms with Crippen LogP contribution < -0.4 is 24.4 Å². The van der Waals surface area contributed by atoms with Crippen LogP contribution in [0.5, 0.6) is 17.2 Å². The average molecular weight is 377 g/mol. The van der Waals surface area contributed by atoms with Crippen molar-refractivity contribution >= 4 is 22.6 Å². The van der Waals surface area contributed by atoms with E-state index < -0.39 is 0 Å². The van der Waals surface area contributed by atoms with Gasteiger partial charge in [-0.25, -0.2) is 9.78 Å². The molecule has 0 unspecified atom stereocenters. The number of methoxy groups -OCH3 is 1. The fourth-order valence-corrected chi connectivity index (χ4v) is 3.71. The zero-order chi connectivity index (χ0) is 19.3. The molecule has 2 amide bonds. The van der Waals surface area contributed by atoms with Crippen molar-refractivity contribution in [3.05, 3.63) is 42.0 Å². The Morgan fingerprint density at radius 3 is 2.71 bits per heavy atom. The number of hydrogen-bond donors (Lipinski definition) is 1. The Morgan fingerprint density at radius 1 is 1.14 bits per heavy atom. The van der Waals surface area contributed by atoms with E-state index in [9.17, 15) is 4.79 Å². The number of nitrogens with zero attached hydrogens (tertiary/aromatic N) is 2. The van der Waals surface area contributed by atoms with E-state index in [0.29, 0.717) is 30.3 Å². The van der Waals surface area contributed by atoms with Crippen LogP contribution >= 0.6 is 0 Å². The molecular weight excluding hydrogens is 358 g/mol. The summed E-state index contributed by atoms with van der Waals surface area (Å²) >= 11 is 0. The van der Waals surface area contributed by atoms with Crippen LogP contribution in [0.1, 0.15) is 5.56 Å². The third kappa shape index (κ3) is 2.58. The van der Waals surface area contributed by atoms with Crippen molar-refractivity contribution in [3.63, 3.8) is 0 Å². The molecule has 7 heteroatoms. The molecule has 1 fully saturated rings. The number of rotatable bonds is 3. The first-order chi connectivity index (χ1) is 13.6. The number of aryl methyl sites for hydroxylation is 1. The smallest absolute Gasteiger partial charge is 0.321 e. The van der Waals surface area contributed by atoms with Gasteiger partial charge in [-0.2, -0.15) is 0 Å². The predicted octanol–water partition coefficient (Wildman–Crippen LogP) is 3.48. The maximum Gasteiger partial charge on any atom is 0.321 e. The van der Waals surface area contributed by atoms with Crippen LogP contribution in [-0.2, 0) is 0 Å². The van der Waals surface area contributed by atoms with Gasteiger partial charge in [-0.15, -0.1) is 0 Å². The Bertz CT molecular complexity index is 1110. The van der Waals surface area contributed by atoms with Crippen LogP contribution in [0.15, 0.2) is 36.4 Å². The van der Waals surface area contributed by atoms with Crippen molar-refractivity contribution in [3.8, 4) is 28.5 Å². The first kappa shape index (κ1) is 16.7. The minimum Gasteiger partial charge on any atom is -0.496 e. The van der Waals surface area contributed by atoms with Crippen molar-refractivity contribution < 1.29 is 19.0 Å². The third-order valence-electron chi connectivity index (χ3n) is 5.14. The highest BCUT2D eigenvalue weighted by molar-refractivity contribution is 5.97. The second-order valence-corrected chi connectivity index (χ2v) is 6.82. The summed E-state index contributed by atoms with van der Waals surface area (Å²) < 4.78 is 16.5. The van der Waals surface area contributed by atoms with Gasteiger partial charge in [0.25, 0.3) is 0 Å². The lowest BCUT2D eigenvalue weighted by molar-refractivity contribution is 0.174. The van der Waals surface area contributed by atoms with E-state index in [0.717, 1.165) is 33.4 Å². The standard InChI is InChI=1S/C21H19N3O4/c1-12-7-16(15-9-19-20(28-11-27-19)10-18(15)26-2)23-17-8-13(3-4-14(12)17)24-6-5-22-21(24)25/h3-4,7-10H,5-6,11H2,1-2H3,(H,22,25). The predicted molar refractivity (Wildman–Crippen MR) is 105 cm³/mol. The highest BCUT2D eigenvalue weighted by atomic mass is 16.7. The number of ether oxygens (including phenoxy) is 3. The highest BCUT2D eigenvalue weighted by Gasteiger charge is 2.23. The summed E-state index contributed by atoms with van der Waals surface area (Å²) in [5, 5.41) is 3.88. The lowest BCUT2D eigenvalue weighted by atomic mass is 10.0. The Labute approximate surface area is 161 Å². The molecule has 2 aromatic carbocycles. The number of anilines is 1. The molecule has 0 aliphatic carbocycles. The van der Waals surface area contributed by atoms with Gasteiger partial charge in [0.2, 0.25) is 6.79 Å². The number of nitrogens with one attached hydrogen (secondary N) is 1. The molecule has 1 N–H and O–H groups in total. The van der Waals surface area contributed by atoms with Gasteiger partial charge in [0.15, 0.2) is 11.5 Å². The molecule has 0 saturated carbocycles. The zero-order valence-electron chi connectivity index (χ0n) is 15.6. The molecule has 3 aromatic rings. The molecule has 2 aliphatic rings. The fourth-order valence-electron chi connectivity index (χ4n) is 3.71. The summed E-state index contributed by atoms with van der Waals surface area (Å²) in [6.45, 7) is 3.55. The average Bonchev–Trinajstić information content (AvgIpc) is 3.34. The summed E-state index contributed by atoms with van der Waals surface area (Å²) in [4.78, 5) is 18.6. The lowest BCUT2D eigenvalue weighted by Gasteiger charge is -2.16. The molecular formula is C21H19N3O4. The topological polar surface area (TPSA) is 72.9 Å². The van der Waals surface area contributed by atoms with Crippen LogP contribution in [-0.4, -0.2) is 38.0 Å². The van der Waals surface area contributed by atoms with Gasteiger partial charge >= 0.3 is 6.03 Å². The zero-order valence-corrected chi connectivity index (χ0v) is 15.6. The van der Waals surface area contributed by atoms with Gasteiger partial charge in [0.05, 0.1) is 18.3 Å². The summed E-state index contributed by atoms with van der Waals surface area (Å²) in [6.07, 6.45) is 0. The van der Waals surface area contributed by atoms with Crippen molar-refractivity contribution in [2.45, 2.75) is 6.92 Å². The first-order valence-corrected chi connectivity index (χ1v) is 9.09. The quantitative estimate of drug-likeness (QED) is 0.757. The minimum atomic E-state index is -0.0790. The van der Waals surface area contributed by atoms with Gasteiger partial charge < -0.3 is 19.5 Å². The number of urea groups is 1. The van der Waals surface area contributed by atoms with Crippen LogP contribution in [0, 0.1) is 6.92 Å². The monoisotopic (exact) mass is 377 g/mol. The summed E-state index contributed by atoms with van der Waals surface area (Å²) in [5.74, 6) is 2.02. The largest absolute Gasteiger partial charge is 0.496 e. The maximum atomic E-state index is 12.0. The number of amides is 2. The highest BCUT2D eigenvalue weighted by Crippen LogP contribution is 2.42. The van der Waals surface area contributed by atoms with Crippen molar-refractivity contribution in [2.24, 2.45) is 0 Å². The molecule has 2 aliphatic heterocycles. The normalized spacial score (nSPS) is 15.2. The SMILES string of the molecule is COc1cc2c(cc1-c1cc(C)c3ccc(N4CCNC4=O)cc3n1)OCO2. The maximum absolute atomic E-state index is 12.0. The van der Waals surface area contributed by atoms with E-state index in [1.54, 1.807) is 12.0 Å². The summed E-state index contributed by atoms with van der Waals surface area (Å²) in [5.41, 5.74) is 4.37. The number of hydrogen-bond acceptors (Lipinski definition) is 5. The Kier molecular flexibility index (Phi) is 3.75. The number of pyridine rings is 1. The van der Waals surface area contributed by atoms with Gasteiger partial charge in [0.1, 0.15) is 5.75 Å². The van der Waals surface area contributed by atoms with E-state index in [1.807, 2.05) is 36.4 Å². The Hall–Kier alpha value is -3.48. The van der Waals surface area contributed by atoms with Crippen LogP contribution in [0.4, 0.5) is 10.5 Å². The molecule has 0 atom stereocenters. The number of fused-ring (bicyclic) bond motifs is 2. The molecule has 5 rings (SSSR count). The third-order valence-corrected chi connectivity index (χ3v) is 5.14. The van der Waals surface area contributed by atoms with Crippen molar-refractivity contribution in [1.29, 1.82) is 0 Å². The van der Waals surface area contributed by atoms with E-state index >= 15 is 0 Å². The number of benzene rings is 2. The van der Waals surface area contributed by atoms with Crippen molar-refractivity contribution in [2.75, 3.05) is 31.9 Å². The summed E-state index contributed by atoms with van der Waals surface area (Å²) in [6, 6.07) is 11.6. The molecule has 0 bridgehead atoms. The van der Waals surface area contributed by atoms with E-state index in [2.05, 4.69) is 12.2 Å². The van der Waals surface area contributed by atoms with Crippen LogP contribution in [0.25, 0.3) is 22.2 Å². The number of carbonyl (C=O) groups excluding carboxylic acids is 1. The van der Waals surface area contributed by atoms with E-state index in [-0.39, 0.29) is 12.8 Å². The number of carbonyl (C=O) groups is 1. The fraction of sp³-hybridized carbons (Fsp3) is 0.238. The molecule has 0 radical (unpaired) electrons. The molecule has 142 valence electrons. The Balaban J connectivity index is 1.65. The van der Waals surface area contributed by atoms with Crippen LogP contribution in [0.3, 0.4) is 0 Å². The minimum absolute atomic E-state index is 0.0790. The molecule has 0 spiro atoms. The molecule has 1 aromatic heterocycles. The lowest BCUT2D eigenvalue weighted by Crippen LogP contribution is -2.27. The molecule has 1 saturated heterocycles. The van der Waals surface area contributed by atoms with Gasteiger partial charge in [-0.3, -0.25) is 4.90 Å². The number of aromatic nitrogens is 1. The van der Waals surface area contributed by atoms with Crippen LogP contribution in [0.2, 0.25) is 0 Å². The molecule has 7 nitrogen and oxygen atoms in total. The summed E-state index contributed by atoms with van der Waals surface area (Å²) in [7, 11) is 1.62. The Morgan fingerprint density at radius 2 is 1.96 bits per heavy atom. The van der Waals surface area contributed by atoms with Gasteiger partial charge in [-0.1, -0.05) is 6.07 Å². The second-order valence-electron chi connectivity index (χ2n) is 6.82. The second kappa shape index (κ2) is 6.30. The van der Waals surface area contributed by atoms with Crippen molar-refractivity contribution in [1.82, 2.24) is 10.3 Å². The van der Waals surface area contributed by atoms with E-state index in [4.69, 9.17) is 19.2 Å². The van der Waals surface area contributed by atoms with Gasteiger partial charge in [-0.05, 0) is 36.8 Å². The van der Waals surface area contributed by atoms with Gasteiger partial charge in [0, 0.05) is 35.8 Å². The van der Waals surface area contributed by atoms with E-state index in [1.165, 1.54) is 0 Å².